The van der Waals surface area contributed by atoms with Crippen molar-refractivity contribution in [1.29, 1.82) is 0 Å². The fraction of sp³-hybridized carbons (Fsp3) is 0.812. The van der Waals surface area contributed by atoms with Crippen LogP contribution in [0.2, 0.25) is 0 Å². The summed E-state index contributed by atoms with van der Waals surface area (Å²) in [5.41, 5.74) is 1.17. The van der Waals surface area contributed by atoms with Crippen LogP contribution in [0.5, 0.6) is 0 Å². The molecule has 0 N–H and O–H groups in total. The van der Waals surface area contributed by atoms with Gasteiger partial charge in [-0.25, -0.2) is 0 Å². The lowest BCUT2D eigenvalue weighted by Gasteiger charge is -2.71. The summed E-state index contributed by atoms with van der Waals surface area (Å²) in [4.78, 5) is 43.0. The van der Waals surface area contributed by atoms with Gasteiger partial charge in [0.25, 0.3) is 6.07 Å². The SMILES string of the molecule is CC(=O)O[C@H]1CC[C@]2(C)[C@H]3CC[C@@H]4C5=C(C(C)C)C(=O)C[C@]5(C=O)CC[C@@]4(C)[C@]3(C)CC[C@]23[N+]#C[C@]13C. The molecule has 1 spiro atoms. The van der Waals surface area contributed by atoms with Crippen LogP contribution in [-0.4, -0.2) is 29.7 Å². The molecule has 1 heterocycles. The van der Waals surface area contributed by atoms with Crippen LogP contribution < -0.4 is 0 Å². The average Bonchev–Trinajstić information content (AvgIpc) is 3.13. The number of esters is 1. The fourth-order valence-corrected chi connectivity index (χ4v) is 11.3. The molecule has 1 aliphatic heterocycles. The molecule has 0 saturated heterocycles. The summed E-state index contributed by atoms with van der Waals surface area (Å²) in [6.07, 6.45) is 9.20. The van der Waals surface area contributed by atoms with E-state index in [4.69, 9.17) is 9.58 Å². The molecule has 0 aromatic rings. The zero-order valence-electron chi connectivity index (χ0n) is 23.8. The molecule has 6 aliphatic rings. The van der Waals surface area contributed by atoms with E-state index in [-0.39, 0.29) is 56.9 Å². The van der Waals surface area contributed by atoms with Crippen molar-refractivity contribution in [1.82, 2.24) is 0 Å². The number of hydrogen-bond acceptors (Lipinski definition) is 4. The van der Waals surface area contributed by atoms with Crippen molar-refractivity contribution in [2.75, 3.05) is 0 Å². The standard InChI is InChI=1S/C32H44NO4/c1-19(2)25-22(36)16-31(18-34)14-12-27(4)21(26(25)31)8-9-23-28(27,5)13-15-32-29(23,6)11-10-24(37-20(3)35)30(32,7)17-33-32/h18-19,21,23-24H,8-16H2,1-7H3/q+1/t21-,23+,24+,27-,28-,29-,30-,31+,32+/m1/s1. The second kappa shape index (κ2) is 7.36. The highest BCUT2D eigenvalue weighted by molar-refractivity contribution is 6.03. The molecule has 9 atom stereocenters. The predicted molar refractivity (Wildman–Crippen MR) is 142 cm³/mol. The zero-order valence-corrected chi connectivity index (χ0v) is 23.8. The minimum absolute atomic E-state index is 0.00454. The second-order valence-corrected chi connectivity index (χ2v) is 14.7. The van der Waals surface area contributed by atoms with E-state index in [2.05, 4.69) is 47.6 Å². The fourth-order valence-electron chi connectivity index (χ4n) is 11.3. The highest BCUT2D eigenvalue weighted by Gasteiger charge is 2.85. The maximum Gasteiger partial charge on any atom is 0.312 e. The number of rotatable bonds is 3. The molecule has 4 fully saturated rings. The largest absolute Gasteiger partial charge is 0.460 e. The summed E-state index contributed by atoms with van der Waals surface area (Å²) >= 11 is 0. The molecule has 0 amide bonds. The van der Waals surface area contributed by atoms with Crippen molar-refractivity contribution in [3.8, 4) is 6.07 Å². The molecule has 6 rings (SSSR count). The highest BCUT2D eigenvalue weighted by Crippen LogP contribution is 2.79. The summed E-state index contributed by atoms with van der Waals surface area (Å²) in [5, 5.41) is 0. The number of hydrogen-bond donors (Lipinski definition) is 0. The number of fused-ring (bicyclic) bond motifs is 6. The topological polar surface area (TPSA) is 64.8 Å². The molecule has 0 radical (unpaired) electrons. The first kappa shape index (κ1) is 25.3. The Labute approximate surface area is 222 Å². The number of ether oxygens (including phenoxy) is 1. The Morgan fingerprint density at radius 1 is 1.00 bits per heavy atom. The van der Waals surface area contributed by atoms with Gasteiger partial charge < -0.3 is 9.53 Å². The van der Waals surface area contributed by atoms with E-state index in [1.54, 1.807) is 0 Å². The minimum Gasteiger partial charge on any atom is -0.460 e. The first-order chi connectivity index (χ1) is 17.3. The van der Waals surface area contributed by atoms with Crippen molar-refractivity contribution in [2.24, 2.45) is 44.8 Å². The van der Waals surface area contributed by atoms with E-state index in [0.29, 0.717) is 12.3 Å². The van der Waals surface area contributed by atoms with E-state index in [0.717, 1.165) is 63.2 Å². The summed E-state index contributed by atoms with van der Waals surface area (Å²) in [7, 11) is 0. The van der Waals surface area contributed by atoms with E-state index < -0.39 is 5.41 Å². The molecule has 5 nitrogen and oxygen atoms in total. The van der Waals surface area contributed by atoms with Crippen molar-refractivity contribution >= 4 is 18.0 Å². The Hall–Kier alpha value is -1.96. The first-order valence-corrected chi connectivity index (χ1v) is 14.7. The van der Waals surface area contributed by atoms with Crippen LogP contribution in [0.4, 0.5) is 0 Å². The Morgan fingerprint density at radius 2 is 1.70 bits per heavy atom. The Bertz CT molecular complexity index is 1210. The number of carbonyl (C=O) groups excluding carboxylic acids is 3. The van der Waals surface area contributed by atoms with Gasteiger partial charge in [0.1, 0.15) is 12.4 Å². The number of ketones is 1. The molecule has 5 aliphatic carbocycles. The Morgan fingerprint density at radius 3 is 2.30 bits per heavy atom. The van der Waals surface area contributed by atoms with Gasteiger partial charge in [-0.1, -0.05) is 39.5 Å². The number of Topliss-reactive ketones (excluding diaryl/α,β-unsaturated/α-hetero) is 1. The van der Waals surface area contributed by atoms with Crippen LogP contribution in [0.1, 0.15) is 106 Å². The monoisotopic (exact) mass is 506 g/mol. The molecule has 0 unspecified atom stereocenters. The van der Waals surface area contributed by atoms with Gasteiger partial charge in [-0.2, -0.15) is 0 Å². The summed E-state index contributed by atoms with van der Waals surface area (Å²) in [6, 6.07) is 3.40. The van der Waals surface area contributed by atoms with Gasteiger partial charge in [0.2, 0.25) is 5.41 Å². The van der Waals surface area contributed by atoms with Gasteiger partial charge in [0.05, 0.1) is 10.8 Å². The van der Waals surface area contributed by atoms with E-state index in [1.165, 1.54) is 12.5 Å². The lowest BCUT2D eigenvalue weighted by atomic mass is 9.30. The van der Waals surface area contributed by atoms with Gasteiger partial charge in [-0.15, -0.1) is 0 Å². The van der Waals surface area contributed by atoms with Crippen LogP contribution in [0.25, 0.3) is 4.85 Å². The Kier molecular flexibility index (Phi) is 5.04. The summed E-state index contributed by atoms with van der Waals surface area (Å²) in [5.74, 6) is 0.925. The normalized spacial score (nSPS) is 51.5. The molecule has 4 saturated carbocycles. The molecule has 5 heteroatoms. The predicted octanol–water partition coefficient (Wildman–Crippen LogP) is 6.55. The third kappa shape index (κ3) is 2.64. The molecule has 0 bridgehead atoms. The second-order valence-electron chi connectivity index (χ2n) is 14.7. The van der Waals surface area contributed by atoms with Gasteiger partial charge in [-0.3, -0.25) is 9.59 Å². The van der Waals surface area contributed by atoms with Crippen LogP contribution in [0.3, 0.4) is 0 Å². The first-order valence-electron chi connectivity index (χ1n) is 14.7. The van der Waals surface area contributed by atoms with E-state index in [9.17, 15) is 14.4 Å². The maximum atomic E-state index is 13.3. The molecule has 200 valence electrons. The van der Waals surface area contributed by atoms with E-state index >= 15 is 0 Å². The van der Waals surface area contributed by atoms with Crippen LogP contribution in [0.15, 0.2) is 11.1 Å². The number of aldehydes is 1. The summed E-state index contributed by atoms with van der Waals surface area (Å²) < 4.78 is 5.87. The summed E-state index contributed by atoms with van der Waals surface area (Å²) in [6.45, 7) is 15.5. The van der Waals surface area contributed by atoms with Crippen molar-refractivity contribution in [3.63, 3.8) is 0 Å². The van der Waals surface area contributed by atoms with Crippen LogP contribution in [0, 0.1) is 50.9 Å². The van der Waals surface area contributed by atoms with Crippen molar-refractivity contribution in [2.45, 2.75) is 118 Å². The lowest BCUT2D eigenvalue weighted by molar-refractivity contribution is -0.229. The third-order valence-corrected chi connectivity index (χ3v) is 13.4. The maximum absolute atomic E-state index is 13.3. The molecular weight excluding hydrogens is 462 g/mol. The molecular formula is C32H44NO4+. The minimum atomic E-state index is -0.572. The van der Waals surface area contributed by atoms with Crippen molar-refractivity contribution < 1.29 is 19.1 Å². The smallest absolute Gasteiger partial charge is 0.312 e. The lowest BCUT2D eigenvalue weighted by Crippen LogP contribution is -2.74. The number of carbonyl (C=O) groups is 3. The zero-order chi connectivity index (χ0) is 26.8. The quantitative estimate of drug-likeness (QED) is 0.322. The van der Waals surface area contributed by atoms with Gasteiger partial charge >= 0.3 is 11.5 Å². The Balaban J connectivity index is 1.44. The van der Waals surface area contributed by atoms with E-state index in [1.807, 2.05) is 0 Å². The van der Waals surface area contributed by atoms with Gasteiger partial charge in [0.15, 0.2) is 5.78 Å². The average molecular weight is 507 g/mol. The number of allylic oxidation sites excluding steroid dienone is 2. The van der Waals surface area contributed by atoms with Gasteiger partial charge in [0, 0.05) is 19.8 Å². The molecule has 0 aromatic heterocycles. The van der Waals surface area contributed by atoms with Crippen LogP contribution in [-0.2, 0) is 19.1 Å². The highest BCUT2D eigenvalue weighted by atomic mass is 16.5. The molecule has 0 aromatic carbocycles. The third-order valence-electron chi connectivity index (χ3n) is 13.4. The van der Waals surface area contributed by atoms with Crippen LogP contribution >= 0.6 is 0 Å². The number of nitrogens with zero attached hydrogens (tertiary/aromatic N) is 1. The van der Waals surface area contributed by atoms with Crippen molar-refractivity contribution in [3.05, 3.63) is 16.0 Å². The van der Waals surface area contributed by atoms with Gasteiger partial charge in [-0.05, 0) is 91.6 Å². The molecule has 37 heavy (non-hydrogen) atoms.